The molecule has 1 nitrogen and oxygen atoms in total. The van der Waals surface area contributed by atoms with Crippen LogP contribution in [0.4, 0.5) is 0 Å². The predicted molar refractivity (Wildman–Crippen MR) is 92.1 cm³/mol. The van der Waals surface area contributed by atoms with Crippen molar-refractivity contribution in [2.75, 3.05) is 12.7 Å². The molecular weight excluding hydrogens is 258 g/mol. The van der Waals surface area contributed by atoms with E-state index in [2.05, 4.69) is 62.5 Å². The Labute approximate surface area is 125 Å². The van der Waals surface area contributed by atoms with E-state index in [0.29, 0.717) is 0 Å². The molecule has 0 aliphatic heterocycles. The number of unbranched alkanes of at least 4 members (excludes halogenated alkanes) is 1. The van der Waals surface area contributed by atoms with Crippen molar-refractivity contribution in [3.05, 3.63) is 52.8 Å². The first-order valence-corrected chi connectivity index (χ1v) is 9.83. The van der Waals surface area contributed by atoms with Crippen molar-refractivity contribution in [3.8, 4) is 0 Å². The van der Waals surface area contributed by atoms with E-state index >= 15 is 0 Å². The van der Waals surface area contributed by atoms with Gasteiger partial charge in [-0.3, -0.25) is 0 Å². The second-order valence-corrected chi connectivity index (χ2v) is 8.64. The van der Waals surface area contributed by atoms with Crippen LogP contribution >= 0.6 is 0 Å². The van der Waals surface area contributed by atoms with E-state index in [4.69, 9.17) is 0 Å². The molecule has 1 aliphatic rings. The zero-order valence-corrected chi connectivity index (χ0v) is 14.2. The van der Waals surface area contributed by atoms with Gasteiger partial charge in [0.15, 0.2) is 0 Å². The van der Waals surface area contributed by atoms with Gasteiger partial charge in [0.1, 0.15) is 8.80 Å². The quantitative estimate of drug-likeness (QED) is 0.599. The Bertz CT molecular complexity index is 487. The van der Waals surface area contributed by atoms with Crippen LogP contribution in [-0.2, 0) is 0 Å². The molecule has 108 valence electrons. The lowest BCUT2D eigenvalue weighted by Gasteiger charge is -2.20. The highest BCUT2D eigenvalue weighted by Crippen LogP contribution is 2.26. The largest absolute Gasteiger partial charge is 0.319 e. The van der Waals surface area contributed by atoms with Gasteiger partial charge in [-0.2, -0.15) is 0 Å². The summed E-state index contributed by atoms with van der Waals surface area (Å²) in [7, 11) is -1.07. The summed E-state index contributed by atoms with van der Waals surface area (Å²) in [6, 6.07) is 11.1. The third-order valence-corrected chi connectivity index (χ3v) is 7.78. The molecule has 0 saturated heterocycles. The summed E-state index contributed by atoms with van der Waals surface area (Å²) in [6.45, 7) is 7.97. The fourth-order valence-corrected chi connectivity index (χ4v) is 6.12. The third-order valence-electron chi connectivity index (χ3n) is 4.38. The van der Waals surface area contributed by atoms with Crippen LogP contribution in [0.2, 0.25) is 0 Å². The molecule has 0 amide bonds. The molecule has 0 fully saturated rings. The second kappa shape index (κ2) is 7.60. The summed E-state index contributed by atoms with van der Waals surface area (Å²) in [5.41, 5.74) is 3.05. The zero-order valence-electron chi connectivity index (χ0n) is 13.1. The molecular formula is C18H27NSi. The van der Waals surface area contributed by atoms with Crippen LogP contribution in [0.3, 0.4) is 0 Å². The highest BCUT2D eigenvalue weighted by Gasteiger charge is 2.22. The van der Waals surface area contributed by atoms with Crippen molar-refractivity contribution in [1.29, 1.82) is 0 Å². The Hall–Kier alpha value is -1.12. The minimum atomic E-state index is -1.07. The molecule has 0 spiro atoms. The normalized spacial score (nSPS) is 16.4. The molecule has 20 heavy (non-hydrogen) atoms. The summed E-state index contributed by atoms with van der Waals surface area (Å²) in [5.74, 6) is 0. The average Bonchev–Trinajstić information content (AvgIpc) is 2.80. The van der Waals surface area contributed by atoms with Crippen LogP contribution in [0, 0.1) is 0 Å². The fourth-order valence-electron chi connectivity index (χ4n) is 2.90. The van der Waals surface area contributed by atoms with E-state index in [-0.39, 0.29) is 0 Å². The Balaban J connectivity index is 2.13. The van der Waals surface area contributed by atoms with E-state index in [1.165, 1.54) is 31.0 Å². The Morgan fingerprint density at radius 1 is 1.15 bits per heavy atom. The van der Waals surface area contributed by atoms with E-state index in [1.807, 2.05) is 0 Å². The summed E-state index contributed by atoms with van der Waals surface area (Å²) >= 11 is 0. The van der Waals surface area contributed by atoms with Gasteiger partial charge < -0.3 is 5.32 Å². The van der Waals surface area contributed by atoms with E-state index in [9.17, 15) is 0 Å². The molecule has 0 bridgehead atoms. The van der Waals surface area contributed by atoms with Crippen LogP contribution in [-0.4, -0.2) is 21.5 Å². The zero-order chi connectivity index (χ0) is 14.4. The number of allylic oxidation sites excluding steroid dienone is 4. The molecule has 2 rings (SSSR count). The Morgan fingerprint density at radius 3 is 2.50 bits per heavy atom. The average molecular weight is 286 g/mol. The maximum absolute atomic E-state index is 3.70. The van der Waals surface area contributed by atoms with Crippen molar-refractivity contribution in [1.82, 2.24) is 5.32 Å². The topological polar surface area (TPSA) is 12.0 Å². The van der Waals surface area contributed by atoms with E-state index in [0.717, 1.165) is 6.54 Å². The lowest BCUT2D eigenvalue weighted by molar-refractivity contribution is 0.694. The minimum absolute atomic E-state index is 1.07. The van der Waals surface area contributed by atoms with Crippen molar-refractivity contribution in [2.45, 2.75) is 40.0 Å². The Kier molecular flexibility index (Phi) is 5.81. The lowest BCUT2D eigenvalue weighted by Crippen LogP contribution is -2.43. The van der Waals surface area contributed by atoms with Gasteiger partial charge in [0.05, 0.1) is 0 Å². The SMILES string of the molecule is CCCCNC[SiH](C1=C(C)C(C)=CC1)c1ccccc1. The molecule has 1 atom stereocenters. The molecule has 0 radical (unpaired) electrons. The molecule has 1 aromatic carbocycles. The molecule has 0 heterocycles. The monoisotopic (exact) mass is 285 g/mol. The van der Waals surface area contributed by atoms with Crippen LogP contribution in [0.25, 0.3) is 0 Å². The van der Waals surface area contributed by atoms with Crippen molar-refractivity contribution in [2.24, 2.45) is 0 Å². The van der Waals surface area contributed by atoms with Gasteiger partial charge in [-0.25, -0.2) is 0 Å². The summed E-state index contributed by atoms with van der Waals surface area (Å²) in [5, 5.41) is 7.01. The Morgan fingerprint density at radius 2 is 1.90 bits per heavy atom. The van der Waals surface area contributed by atoms with Gasteiger partial charge in [0.25, 0.3) is 0 Å². The second-order valence-electron chi connectivity index (χ2n) is 5.76. The predicted octanol–water partition coefficient (Wildman–Crippen LogP) is 3.26. The molecule has 2 heteroatoms. The standard InChI is InChI=1S/C18H27NSi/c1-4-5-13-19-14-20(17-9-7-6-8-10-17)18-12-11-15(2)16(18)3/h6-11,19-20H,4-5,12-14H2,1-3H3. The molecule has 1 N–H and O–H groups in total. The van der Waals surface area contributed by atoms with Crippen LogP contribution < -0.4 is 10.5 Å². The first kappa shape index (κ1) is 15.3. The number of nitrogens with one attached hydrogen (secondary N) is 1. The number of hydrogen-bond donors (Lipinski definition) is 1. The summed E-state index contributed by atoms with van der Waals surface area (Å²) in [6.07, 6.45) is 7.33. The highest BCUT2D eigenvalue weighted by molar-refractivity contribution is 6.80. The van der Waals surface area contributed by atoms with Gasteiger partial charge in [-0.15, -0.1) is 0 Å². The van der Waals surface area contributed by atoms with Crippen LogP contribution in [0.1, 0.15) is 40.0 Å². The van der Waals surface area contributed by atoms with Gasteiger partial charge in [0, 0.05) is 0 Å². The van der Waals surface area contributed by atoms with E-state index in [1.54, 1.807) is 16.0 Å². The highest BCUT2D eigenvalue weighted by atomic mass is 28.3. The molecule has 1 aromatic rings. The number of rotatable bonds is 7. The molecule has 1 unspecified atom stereocenters. The van der Waals surface area contributed by atoms with Gasteiger partial charge in [-0.1, -0.05) is 71.3 Å². The smallest absolute Gasteiger partial charge is 0.112 e. The van der Waals surface area contributed by atoms with E-state index < -0.39 is 8.80 Å². The minimum Gasteiger partial charge on any atom is -0.319 e. The first-order valence-electron chi connectivity index (χ1n) is 7.86. The van der Waals surface area contributed by atoms with Gasteiger partial charge in [-0.05, 0) is 39.4 Å². The molecule has 0 saturated carbocycles. The van der Waals surface area contributed by atoms with Gasteiger partial charge >= 0.3 is 0 Å². The summed E-state index contributed by atoms with van der Waals surface area (Å²) in [4.78, 5) is 0. The molecule has 1 aliphatic carbocycles. The maximum atomic E-state index is 3.70. The lowest BCUT2D eigenvalue weighted by atomic mass is 10.2. The van der Waals surface area contributed by atoms with Crippen LogP contribution in [0.5, 0.6) is 0 Å². The van der Waals surface area contributed by atoms with Crippen molar-refractivity contribution in [3.63, 3.8) is 0 Å². The summed E-state index contributed by atoms with van der Waals surface area (Å²) < 4.78 is 0. The number of hydrogen-bond acceptors (Lipinski definition) is 1. The molecule has 0 aromatic heterocycles. The third kappa shape index (κ3) is 3.71. The van der Waals surface area contributed by atoms with Crippen molar-refractivity contribution < 1.29 is 0 Å². The van der Waals surface area contributed by atoms with Crippen molar-refractivity contribution >= 4 is 14.0 Å². The fraction of sp³-hybridized carbons (Fsp3) is 0.444. The first-order chi connectivity index (χ1) is 9.74. The number of benzene rings is 1. The maximum Gasteiger partial charge on any atom is 0.112 e. The van der Waals surface area contributed by atoms with Crippen LogP contribution in [0.15, 0.2) is 52.8 Å². The van der Waals surface area contributed by atoms with Gasteiger partial charge in [0.2, 0.25) is 0 Å².